The summed E-state index contributed by atoms with van der Waals surface area (Å²) in [5.74, 6) is 0.304. The van der Waals surface area contributed by atoms with E-state index in [2.05, 4.69) is 25.7 Å². The topological polar surface area (TPSA) is 78.7 Å². The molecule has 7 nitrogen and oxygen atoms in total. The van der Waals surface area contributed by atoms with Gasteiger partial charge in [-0.1, -0.05) is 5.16 Å². The van der Waals surface area contributed by atoms with E-state index in [0.717, 1.165) is 50.4 Å². The molecule has 4 rings (SSSR count). The molecular weight excluding hydrogens is 364 g/mol. The molecule has 2 aromatic rings. The van der Waals surface area contributed by atoms with Crippen molar-refractivity contribution in [1.82, 2.24) is 5.16 Å². The van der Waals surface area contributed by atoms with Crippen LogP contribution in [0.25, 0.3) is 0 Å². The molecule has 0 aliphatic carbocycles. The highest BCUT2D eigenvalue weighted by Crippen LogP contribution is 2.35. The van der Waals surface area contributed by atoms with E-state index < -0.39 is 10.0 Å². The maximum atomic E-state index is 13.1. The third-order valence-corrected chi connectivity index (χ3v) is 6.99. The Morgan fingerprint density at radius 1 is 1.00 bits per heavy atom. The molecule has 8 heteroatoms. The fourth-order valence-corrected chi connectivity index (χ4v) is 5.46. The molecule has 0 amide bonds. The Morgan fingerprint density at radius 3 is 2.22 bits per heavy atom. The van der Waals surface area contributed by atoms with Gasteiger partial charge in [-0.3, -0.25) is 4.72 Å². The van der Waals surface area contributed by atoms with Crippen LogP contribution in [0.2, 0.25) is 0 Å². The van der Waals surface area contributed by atoms with Gasteiger partial charge in [-0.05, 0) is 57.7 Å². The van der Waals surface area contributed by atoms with Crippen LogP contribution >= 0.6 is 0 Å². The maximum absolute atomic E-state index is 13.1. The summed E-state index contributed by atoms with van der Waals surface area (Å²) >= 11 is 0. The zero-order valence-corrected chi connectivity index (χ0v) is 16.7. The van der Waals surface area contributed by atoms with E-state index in [-0.39, 0.29) is 4.90 Å². The minimum Gasteiger partial charge on any atom is -0.371 e. The van der Waals surface area contributed by atoms with Crippen LogP contribution in [0.15, 0.2) is 27.6 Å². The second kappa shape index (κ2) is 7.07. The van der Waals surface area contributed by atoms with Gasteiger partial charge in [0, 0.05) is 31.9 Å². The zero-order chi connectivity index (χ0) is 19.0. The number of nitrogens with one attached hydrogen (secondary N) is 1. The predicted octanol–water partition coefficient (Wildman–Crippen LogP) is 3.29. The second-order valence-corrected chi connectivity index (χ2v) is 8.97. The third kappa shape index (κ3) is 3.50. The van der Waals surface area contributed by atoms with E-state index in [1.54, 1.807) is 13.8 Å². The zero-order valence-electron chi connectivity index (χ0n) is 15.9. The van der Waals surface area contributed by atoms with Crippen molar-refractivity contribution in [1.29, 1.82) is 0 Å². The van der Waals surface area contributed by atoms with Crippen molar-refractivity contribution in [3.63, 3.8) is 0 Å². The molecule has 2 saturated heterocycles. The number of rotatable bonds is 5. The Labute approximate surface area is 160 Å². The first-order chi connectivity index (χ1) is 13.0. The van der Waals surface area contributed by atoms with Crippen molar-refractivity contribution >= 4 is 27.1 Å². The molecule has 0 atom stereocenters. The van der Waals surface area contributed by atoms with E-state index in [4.69, 9.17) is 4.52 Å². The SMILES string of the molecule is Cc1noc(C)c1S(=O)(=O)Nc1cc(N2CCCC2)ccc1N1CCCC1. The molecule has 2 fully saturated rings. The molecule has 27 heavy (non-hydrogen) atoms. The Hall–Kier alpha value is -2.22. The lowest BCUT2D eigenvalue weighted by Crippen LogP contribution is -2.23. The standard InChI is InChI=1S/C19H26N4O3S/c1-14-19(15(2)26-20-14)27(24,25)21-17-13-16(22-9-3-4-10-22)7-8-18(17)23-11-5-6-12-23/h7-8,13,21H,3-6,9-12H2,1-2H3. The Balaban J connectivity index is 1.73. The number of benzene rings is 1. The van der Waals surface area contributed by atoms with E-state index in [1.807, 2.05) is 12.1 Å². The van der Waals surface area contributed by atoms with Crippen LogP contribution in [0.1, 0.15) is 37.1 Å². The average Bonchev–Trinajstić information content (AvgIpc) is 3.36. The van der Waals surface area contributed by atoms with Gasteiger partial charge in [0.05, 0.1) is 11.4 Å². The van der Waals surface area contributed by atoms with Crippen molar-refractivity contribution in [3.8, 4) is 0 Å². The molecule has 0 unspecified atom stereocenters. The van der Waals surface area contributed by atoms with E-state index in [1.165, 1.54) is 12.8 Å². The van der Waals surface area contributed by atoms with Gasteiger partial charge in [-0.2, -0.15) is 0 Å². The van der Waals surface area contributed by atoms with Crippen LogP contribution in [-0.4, -0.2) is 39.8 Å². The molecule has 0 spiro atoms. The first kappa shape index (κ1) is 18.2. The molecule has 0 radical (unpaired) electrons. The molecule has 1 N–H and O–H groups in total. The van der Waals surface area contributed by atoms with Crippen LogP contribution in [-0.2, 0) is 10.0 Å². The van der Waals surface area contributed by atoms with Crippen LogP contribution in [0, 0.1) is 13.8 Å². The van der Waals surface area contributed by atoms with Crippen molar-refractivity contribution in [2.24, 2.45) is 0 Å². The second-order valence-electron chi connectivity index (χ2n) is 7.35. The fourth-order valence-electron chi connectivity index (χ4n) is 4.07. The lowest BCUT2D eigenvalue weighted by atomic mass is 10.2. The Bertz CT molecular complexity index is 907. The highest BCUT2D eigenvalue weighted by molar-refractivity contribution is 7.92. The molecular formula is C19H26N4O3S. The highest BCUT2D eigenvalue weighted by atomic mass is 32.2. The summed E-state index contributed by atoms with van der Waals surface area (Å²) in [6.45, 7) is 7.19. The van der Waals surface area contributed by atoms with Crippen molar-refractivity contribution in [2.75, 3.05) is 40.7 Å². The Morgan fingerprint density at radius 2 is 1.63 bits per heavy atom. The first-order valence-corrected chi connectivity index (χ1v) is 11.0. The molecule has 1 aromatic heterocycles. The predicted molar refractivity (Wildman–Crippen MR) is 106 cm³/mol. The molecule has 1 aromatic carbocycles. The lowest BCUT2D eigenvalue weighted by molar-refractivity contribution is 0.390. The van der Waals surface area contributed by atoms with Gasteiger partial charge in [-0.15, -0.1) is 0 Å². The molecule has 0 bridgehead atoms. The fraction of sp³-hybridized carbons (Fsp3) is 0.526. The quantitative estimate of drug-likeness (QED) is 0.844. The summed E-state index contributed by atoms with van der Waals surface area (Å²) in [5.41, 5.74) is 3.00. The number of hydrogen-bond acceptors (Lipinski definition) is 6. The number of aryl methyl sites for hydroxylation is 2. The number of sulfonamides is 1. The van der Waals surface area contributed by atoms with E-state index in [0.29, 0.717) is 17.1 Å². The summed E-state index contributed by atoms with van der Waals surface area (Å²) < 4.78 is 34.0. The van der Waals surface area contributed by atoms with Gasteiger partial charge in [0.25, 0.3) is 10.0 Å². The first-order valence-electron chi connectivity index (χ1n) is 9.55. The molecule has 3 heterocycles. The number of anilines is 3. The number of aromatic nitrogens is 1. The summed E-state index contributed by atoms with van der Waals surface area (Å²) in [5, 5.41) is 3.79. The van der Waals surface area contributed by atoms with E-state index >= 15 is 0 Å². The molecule has 2 aliphatic rings. The third-order valence-electron chi connectivity index (χ3n) is 5.38. The lowest BCUT2D eigenvalue weighted by Gasteiger charge is -2.25. The minimum atomic E-state index is -3.78. The minimum absolute atomic E-state index is 0.126. The monoisotopic (exact) mass is 390 g/mol. The van der Waals surface area contributed by atoms with Crippen LogP contribution < -0.4 is 14.5 Å². The van der Waals surface area contributed by atoms with Gasteiger partial charge in [0.15, 0.2) is 10.7 Å². The van der Waals surface area contributed by atoms with Gasteiger partial charge in [0.2, 0.25) is 0 Å². The van der Waals surface area contributed by atoms with Gasteiger partial charge in [-0.25, -0.2) is 8.42 Å². The highest BCUT2D eigenvalue weighted by Gasteiger charge is 2.27. The van der Waals surface area contributed by atoms with Gasteiger partial charge in [0.1, 0.15) is 5.69 Å². The van der Waals surface area contributed by atoms with Crippen LogP contribution in [0.5, 0.6) is 0 Å². The van der Waals surface area contributed by atoms with E-state index in [9.17, 15) is 8.42 Å². The van der Waals surface area contributed by atoms with Crippen LogP contribution in [0.4, 0.5) is 17.1 Å². The molecule has 146 valence electrons. The van der Waals surface area contributed by atoms with Crippen molar-refractivity contribution < 1.29 is 12.9 Å². The number of hydrogen-bond donors (Lipinski definition) is 1. The number of nitrogens with zero attached hydrogens (tertiary/aromatic N) is 3. The summed E-state index contributed by atoms with van der Waals surface area (Å²) in [4.78, 5) is 4.68. The molecule has 0 saturated carbocycles. The smallest absolute Gasteiger partial charge is 0.267 e. The summed E-state index contributed by atoms with van der Waals surface area (Å²) in [7, 11) is -3.78. The van der Waals surface area contributed by atoms with Crippen molar-refractivity contribution in [2.45, 2.75) is 44.4 Å². The average molecular weight is 391 g/mol. The normalized spacial score (nSPS) is 17.7. The van der Waals surface area contributed by atoms with Gasteiger partial charge < -0.3 is 14.3 Å². The molecule has 2 aliphatic heterocycles. The summed E-state index contributed by atoms with van der Waals surface area (Å²) in [6, 6.07) is 6.12. The van der Waals surface area contributed by atoms with Crippen LogP contribution in [0.3, 0.4) is 0 Å². The van der Waals surface area contributed by atoms with Crippen molar-refractivity contribution in [3.05, 3.63) is 29.7 Å². The summed E-state index contributed by atoms with van der Waals surface area (Å²) in [6.07, 6.45) is 4.61. The van der Waals surface area contributed by atoms with Gasteiger partial charge >= 0.3 is 0 Å². The largest absolute Gasteiger partial charge is 0.371 e. The maximum Gasteiger partial charge on any atom is 0.267 e. The Kier molecular flexibility index (Phi) is 4.75.